The molecular formula is C14H17N3O. The summed E-state index contributed by atoms with van der Waals surface area (Å²) in [5.74, 6) is 0.894. The van der Waals surface area contributed by atoms with E-state index in [1.165, 1.54) is 6.08 Å². The summed E-state index contributed by atoms with van der Waals surface area (Å²) in [6.45, 7) is 4.09. The molecule has 18 heavy (non-hydrogen) atoms. The highest BCUT2D eigenvalue weighted by Gasteiger charge is 2.01. The van der Waals surface area contributed by atoms with Crippen LogP contribution in [0.1, 0.15) is 18.7 Å². The fraction of sp³-hybridized carbons (Fsp3) is 0.286. The minimum absolute atomic E-state index is 0.112. The van der Waals surface area contributed by atoms with Gasteiger partial charge in [0.05, 0.1) is 11.0 Å². The zero-order chi connectivity index (χ0) is 12.8. The Morgan fingerprint density at radius 2 is 2.22 bits per heavy atom. The largest absolute Gasteiger partial charge is 0.353 e. The van der Waals surface area contributed by atoms with E-state index in [0.29, 0.717) is 6.54 Å². The van der Waals surface area contributed by atoms with Gasteiger partial charge in [-0.15, -0.1) is 0 Å². The second-order valence-electron chi connectivity index (χ2n) is 4.15. The first-order valence-electron chi connectivity index (χ1n) is 6.13. The number of carbonyl (C=O) groups excluding carboxylic acids is 1. The molecule has 1 aromatic heterocycles. The molecule has 1 heterocycles. The number of hydrogen-bond acceptors (Lipinski definition) is 2. The van der Waals surface area contributed by atoms with Crippen LogP contribution in [0.2, 0.25) is 0 Å². The first-order chi connectivity index (χ1) is 8.79. The first-order valence-corrected chi connectivity index (χ1v) is 6.13. The summed E-state index contributed by atoms with van der Waals surface area (Å²) in [5.41, 5.74) is 2.08. The Labute approximate surface area is 106 Å². The van der Waals surface area contributed by atoms with Gasteiger partial charge in [0.1, 0.15) is 5.82 Å². The SMILES string of the molecule is C=CC(=O)NCCCCc1nc2ccccc2[nH]1. The van der Waals surface area contributed by atoms with Crippen LogP contribution in [0.3, 0.4) is 0 Å². The molecule has 0 saturated carbocycles. The Balaban J connectivity index is 1.76. The predicted octanol–water partition coefficient (Wildman–Crippen LogP) is 2.19. The van der Waals surface area contributed by atoms with Crippen LogP contribution in [0.15, 0.2) is 36.9 Å². The van der Waals surface area contributed by atoms with Crippen molar-refractivity contribution in [3.8, 4) is 0 Å². The van der Waals surface area contributed by atoms with E-state index < -0.39 is 0 Å². The van der Waals surface area contributed by atoms with Crippen LogP contribution >= 0.6 is 0 Å². The molecule has 0 aliphatic rings. The summed E-state index contributed by atoms with van der Waals surface area (Å²) < 4.78 is 0. The maximum Gasteiger partial charge on any atom is 0.243 e. The number of aromatic amines is 1. The fourth-order valence-corrected chi connectivity index (χ4v) is 1.83. The lowest BCUT2D eigenvalue weighted by molar-refractivity contribution is -0.116. The molecule has 0 atom stereocenters. The number of aryl methyl sites for hydroxylation is 1. The summed E-state index contributed by atoms with van der Waals surface area (Å²) in [6.07, 6.45) is 4.13. The van der Waals surface area contributed by atoms with Crippen LogP contribution in [-0.4, -0.2) is 22.4 Å². The van der Waals surface area contributed by atoms with Crippen molar-refractivity contribution < 1.29 is 4.79 Å². The molecule has 94 valence electrons. The number of rotatable bonds is 6. The molecule has 0 aliphatic carbocycles. The molecule has 0 fully saturated rings. The average Bonchev–Trinajstić information content (AvgIpc) is 2.80. The number of nitrogens with one attached hydrogen (secondary N) is 2. The van der Waals surface area contributed by atoms with Crippen LogP contribution < -0.4 is 5.32 Å². The molecule has 2 aromatic rings. The molecule has 4 heteroatoms. The second-order valence-corrected chi connectivity index (χ2v) is 4.15. The van der Waals surface area contributed by atoms with E-state index in [9.17, 15) is 4.79 Å². The number of hydrogen-bond donors (Lipinski definition) is 2. The van der Waals surface area contributed by atoms with Crippen LogP contribution in [0.25, 0.3) is 11.0 Å². The second kappa shape index (κ2) is 6.00. The minimum atomic E-state index is -0.112. The first kappa shape index (κ1) is 12.4. The highest BCUT2D eigenvalue weighted by Crippen LogP contribution is 2.11. The number of nitrogens with zero attached hydrogens (tertiary/aromatic N) is 1. The zero-order valence-corrected chi connectivity index (χ0v) is 10.3. The van der Waals surface area contributed by atoms with E-state index in [4.69, 9.17) is 0 Å². The lowest BCUT2D eigenvalue weighted by atomic mass is 10.2. The van der Waals surface area contributed by atoms with Crippen molar-refractivity contribution in [1.82, 2.24) is 15.3 Å². The predicted molar refractivity (Wildman–Crippen MR) is 72.2 cm³/mol. The Morgan fingerprint density at radius 3 is 3.00 bits per heavy atom. The molecule has 1 aromatic carbocycles. The van der Waals surface area contributed by atoms with Gasteiger partial charge in [-0.05, 0) is 31.1 Å². The maximum atomic E-state index is 10.9. The molecule has 2 N–H and O–H groups in total. The Hall–Kier alpha value is -2.10. The van der Waals surface area contributed by atoms with Crippen molar-refractivity contribution >= 4 is 16.9 Å². The van der Waals surface area contributed by atoms with Crippen molar-refractivity contribution in [2.24, 2.45) is 0 Å². The Bertz CT molecular complexity index is 512. The normalized spacial score (nSPS) is 10.4. The third-order valence-corrected chi connectivity index (χ3v) is 2.76. The fourth-order valence-electron chi connectivity index (χ4n) is 1.83. The summed E-state index contributed by atoms with van der Waals surface area (Å²) in [5, 5.41) is 2.76. The van der Waals surface area contributed by atoms with Gasteiger partial charge in [0.25, 0.3) is 0 Å². The summed E-state index contributed by atoms with van der Waals surface area (Å²) >= 11 is 0. The van der Waals surface area contributed by atoms with Gasteiger partial charge in [0.2, 0.25) is 5.91 Å². The lowest BCUT2D eigenvalue weighted by Crippen LogP contribution is -2.21. The van der Waals surface area contributed by atoms with Crippen LogP contribution in [-0.2, 0) is 11.2 Å². The van der Waals surface area contributed by atoms with Gasteiger partial charge in [-0.1, -0.05) is 18.7 Å². The summed E-state index contributed by atoms with van der Waals surface area (Å²) in [4.78, 5) is 18.7. The Kier molecular flexibility index (Phi) is 4.12. The van der Waals surface area contributed by atoms with Crippen molar-refractivity contribution in [2.45, 2.75) is 19.3 Å². The van der Waals surface area contributed by atoms with Gasteiger partial charge in [-0.25, -0.2) is 4.98 Å². The van der Waals surface area contributed by atoms with Crippen molar-refractivity contribution in [2.75, 3.05) is 6.54 Å². The Morgan fingerprint density at radius 1 is 1.39 bits per heavy atom. The van der Waals surface area contributed by atoms with Crippen LogP contribution in [0.5, 0.6) is 0 Å². The molecule has 0 unspecified atom stereocenters. The lowest BCUT2D eigenvalue weighted by Gasteiger charge is -2.00. The number of amides is 1. The van der Waals surface area contributed by atoms with Crippen LogP contribution in [0, 0.1) is 0 Å². The van der Waals surface area contributed by atoms with E-state index in [0.717, 1.165) is 36.1 Å². The number of para-hydroxylation sites is 2. The molecule has 0 radical (unpaired) electrons. The average molecular weight is 243 g/mol. The van der Waals surface area contributed by atoms with Gasteiger partial charge < -0.3 is 10.3 Å². The molecule has 0 aliphatic heterocycles. The molecule has 0 saturated heterocycles. The topological polar surface area (TPSA) is 57.8 Å². The number of imidazole rings is 1. The third-order valence-electron chi connectivity index (χ3n) is 2.76. The smallest absolute Gasteiger partial charge is 0.243 e. The van der Waals surface area contributed by atoms with Crippen molar-refractivity contribution in [3.05, 3.63) is 42.7 Å². The zero-order valence-electron chi connectivity index (χ0n) is 10.3. The summed E-state index contributed by atoms with van der Waals surface area (Å²) in [6, 6.07) is 8.00. The highest BCUT2D eigenvalue weighted by atomic mass is 16.1. The molecule has 4 nitrogen and oxygen atoms in total. The van der Waals surface area contributed by atoms with E-state index in [1.54, 1.807) is 0 Å². The van der Waals surface area contributed by atoms with Gasteiger partial charge in [0, 0.05) is 13.0 Å². The van der Waals surface area contributed by atoms with Crippen molar-refractivity contribution in [1.29, 1.82) is 0 Å². The molecule has 1 amide bonds. The molecule has 0 spiro atoms. The third kappa shape index (κ3) is 3.20. The highest BCUT2D eigenvalue weighted by molar-refractivity contribution is 5.86. The monoisotopic (exact) mass is 243 g/mol. The number of benzene rings is 1. The number of fused-ring (bicyclic) bond motifs is 1. The van der Waals surface area contributed by atoms with Gasteiger partial charge in [-0.2, -0.15) is 0 Å². The molecular weight excluding hydrogens is 226 g/mol. The van der Waals surface area contributed by atoms with Gasteiger partial charge in [0.15, 0.2) is 0 Å². The quantitative estimate of drug-likeness (QED) is 0.603. The van der Waals surface area contributed by atoms with Gasteiger partial charge in [-0.3, -0.25) is 4.79 Å². The number of carbonyl (C=O) groups is 1. The van der Waals surface area contributed by atoms with E-state index in [2.05, 4.69) is 21.9 Å². The molecule has 0 bridgehead atoms. The molecule has 2 rings (SSSR count). The standard InChI is InChI=1S/C14H17N3O/c1-2-14(18)15-10-6-5-9-13-16-11-7-3-4-8-12(11)17-13/h2-4,7-8H,1,5-6,9-10H2,(H,15,18)(H,16,17). The van der Waals surface area contributed by atoms with E-state index in [1.807, 2.05) is 24.3 Å². The van der Waals surface area contributed by atoms with E-state index in [-0.39, 0.29) is 5.91 Å². The van der Waals surface area contributed by atoms with E-state index >= 15 is 0 Å². The number of aromatic nitrogens is 2. The van der Waals surface area contributed by atoms with Crippen LogP contribution in [0.4, 0.5) is 0 Å². The van der Waals surface area contributed by atoms with Crippen molar-refractivity contribution in [3.63, 3.8) is 0 Å². The maximum absolute atomic E-state index is 10.9. The van der Waals surface area contributed by atoms with Gasteiger partial charge >= 0.3 is 0 Å². The number of H-pyrrole nitrogens is 1. The minimum Gasteiger partial charge on any atom is -0.353 e. The summed E-state index contributed by atoms with van der Waals surface area (Å²) in [7, 11) is 0. The number of unbranched alkanes of at least 4 members (excludes halogenated alkanes) is 1.